The molecule has 2 heterocycles. The van der Waals surface area contributed by atoms with E-state index in [9.17, 15) is 4.79 Å². The zero-order valence-electron chi connectivity index (χ0n) is 13.5. The molecule has 0 saturated carbocycles. The van der Waals surface area contributed by atoms with Gasteiger partial charge in [0.15, 0.2) is 0 Å². The van der Waals surface area contributed by atoms with E-state index in [2.05, 4.69) is 11.4 Å². The van der Waals surface area contributed by atoms with Crippen molar-refractivity contribution in [2.24, 2.45) is 11.8 Å². The summed E-state index contributed by atoms with van der Waals surface area (Å²) in [5, 5.41) is 5.30. The van der Waals surface area contributed by atoms with Crippen molar-refractivity contribution in [2.75, 3.05) is 25.1 Å². The van der Waals surface area contributed by atoms with Crippen molar-refractivity contribution in [1.82, 2.24) is 5.32 Å². The molecular formula is C18H22N2O2S. The molecule has 1 aliphatic heterocycles. The summed E-state index contributed by atoms with van der Waals surface area (Å²) < 4.78 is 5.22. The molecule has 122 valence electrons. The summed E-state index contributed by atoms with van der Waals surface area (Å²) in [7, 11) is 1.65. The van der Waals surface area contributed by atoms with Crippen LogP contribution in [0.5, 0.6) is 5.75 Å². The number of hydrogen-bond acceptors (Lipinski definition) is 4. The Labute approximate surface area is 141 Å². The first kappa shape index (κ1) is 16.0. The number of amides is 1. The molecule has 5 heteroatoms. The predicted octanol–water partition coefficient (Wildman–Crippen LogP) is 3.15. The molecule has 1 N–H and O–H groups in total. The normalized spacial score (nSPS) is 15.7. The topological polar surface area (TPSA) is 41.6 Å². The zero-order valence-corrected chi connectivity index (χ0v) is 14.3. The lowest BCUT2D eigenvalue weighted by molar-refractivity contribution is -0.124. The Morgan fingerprint density at radius 3 is 2.61 bits per heavy atom. The van der Waals surface area contributed by atoms with Crippen LogP contribution in [0.3, 0.4) is 0 Å². The van der Waals surface area contributed by atoms with Gasteiger partial charge in [-0.05, 0) is 54.7 Å². The van der Waals surface area contributed by atoms with Crippen molar-refractivity contribution in [3.63, 3.8) is 0 Å². The van der Waals surface area contributed by atoms with E-state index in [0.717, 1.165) is 24.5 Å². The first-order valence-electron chi connectivity index (χ1n) is 7.87. The number of carbonyl (C=O) groups is 1. The second kappa shape index (κ2) is 7.15. The van der Waals surface area contributed by atoms with Crippen LogP contribution in [-0.2, 0) is 11.3 Å². The Morgan fingerprint density at radius 1 is 1.35 bits per heavy atom. The fraction of sp³-hybridized carbons (Fsp3) is 0.389. The van der Waals surface area contributed by atoms with Crippen molar-refractivity contribution in [3.05, 3.63) is 46.7 Å². The van der Waals surface area contributed by atoms with Gasteiger partial charge in [-0.3, -0.25) is 4.79 Å². The number of methoxy groups -OCH3 is 1. The standard InChI is InChI=1S/C18H22N2O2S/c1-13(14-10-19-11-14)18(21)20(12-17-4-3-9-23-17)15-5-7-16(22-2)8-6-15/h3-9,13-14,19H,10-12H2,1-2H3. The summed E-state index contributed by atoms with van der Waals surface area (Å²) >= 11 is 1.68. The van der Waals surface area contributed by atoms with Gasteiger partial charge in [0.1, 0.15) is 5.75 Å². The van der Waals surface area contributed by atoms with Crippen molar-refractivity contribution < 1.29 is 9.53 Å². The molecule has 1 atom stereocenters. The summed E-state index contributed by atoms with van der Waals surface area (Å²) in [5.74, 6) is 1.45. The summed E-state index contributed by atoms with van der Waals surface area (Å²) in [5.41, 5.74) is 0.920. The molecular weight excluding hydrogens is 308 g/mol. The van der Waals surface area contributed by atoms with Gasteiger partial charge >= 0.3 is 0 Å². The van der Waals surface area contributed by atoms with Crippen LogP contribution >= 0.6 is 11.3 Å². The van der Waals surface area contributed by atoms with E-state index < -0.39 is 0 Å². The van der Waals surface area contributed by atoms with Crippen molar-refractivity contribution in [2.45, 2.75) is 13.5 Å². The smallest absolute Gasteiger partial charge is 0.230 e. The van der Waals surface area contributed by atoms with Crippen LogP contribution in [0.1, 0.15) is 11.8 Å². The van der Waals surface area contributed by atoms with Gasteiger partial charge in [0.25, 0.3) is 0 Å². The fourth-order valence-electron chi connectivity index (χ4n) is 2.73. The van der Waals surface area contributed by atoms with Gasteiger partial charge in [0, 0.05) is 16.5 Å². The summed E-state index contributed by atoms with van der Waals surface area (Å²) in [6, 6.07) is 11.8. The maximum absolute atomic E-state index is 13.0. The van der Waals surface area contributed by atoms with Crippen LogP contribution in [-0.4, -0.2) is 26.1 Å². The van der Waals surface area contributed by atoms with Crippen LogP contribution in [0.4, 0.5) is 5.69 Å². The minimum atomic E-state index is 0.0262. The van der Waals surface area contributed by atoms with Crippen LogP contribution in [0, 0.1) is 11.8 Å². The Balaban J connectivity index is 1.83. The molecule has 1 amide bonds. The van der Waals surface area contributed by atoms with Crippen molar-refractivity contribution in [3.8, 4) is 5.75 Å². The third-order valence-corrected chi connectivity index (χ3v) is 5.32. The average molecular weight is 330 g/mol. The Morgan fingerprint density at radius 2 is 2.09 bits per heavy atom. The van der Waals surface area contributed by atoms with E-state index in [4.69, 9.17) is 4.74 Å². The van der Waals surface area contributed by atoms with E-state index >= 15 is 0 Å². The summed E-state index contributed by atoms with van der Waals surface area (Å²) in [6.07, 6.45) is 0. The largest absolute Gasteiger partial charge is 0.497 e. The molecule has 2 aromatic rings. The number of benzene rings is 1. The molecule has 0 spiro atoms. The highest BCUT2D eigenvalue weighted by Crippen LogP contribution is 2.27. The van der Waals surface area contributed by atoms with Crippen LogP contribution in [0.25, 0.3) is 0 Å². The monoisotopic (exact) mass is 330 g/mol. The first-order valence-corrected chi connectivity index (χ1v) is 8.75. The molecule has 0 aliphatic carbocycles. The maximum atomic E-state index is 13.0. The van der Waals surface area contributed by atoms with Crippen LogP contribution in [0.15, 0.2) is 41.8 Å². The van der Waals surface area contributed by atoms with E-state index in [-0.39, 0.29) is 11.8 Å². The molecule has 1 unspecified atom stereocenters. The lowest BCUT2D eigenvalue weighted by atomic mass is 9.88. The van der Waals surface area contributed by atoms with Crippen molar-refractivity contribution in [1.29, 1.82) is 0 Å². The van der Waals surface area contributed by atoms with Gasteiger partial charge in [-0.2, -0.15) is 0 Å². The number of carbonyl (C=O) groups excluding carboxylic acids is 1. The quantitative estimate of drug-likeness (QED) is 0.885. The highest BCUT2D eigenvalue weighted by atomic mass is 32.1. The molecule has 1 aromatic carbocycles. The molecule has 23 heavy (non-hydrogen) atoms. The third-order valence-electron chi connectivity index (χ3n) is 4.45. The lowest BCUT2D eigenvalue weighted by Gasteiger charge is -2.35. The highest BCUT2D eigenvalue weighted by Gasteiger charge is 2.32. The lowest BCUT2D eigenvalue weighted by Crippen LogP contribution is -2.50. The van der Waals surface area contributed by atoms with Crippen molar-refractivity contribution >= 4 is 22.9 Å². The molecule has 0 radical (unpaired) electrons. The van der Waals surface area contributed by atoms with Crippen LogP contribution < -0.4 is 15.0 Å². The number of rotatable bonds is 6. The second-order valence-corrected chi connectivity index (χ2v) is 6.94. The number of ether oxygens (including phenoxy) is 1. The van der Waals surface area contributed by atoms with E-state index in [1.807, 2.05) is 47.5 Å². The minimum absolute atomic E-state index is 0.0262. The molecule has 0 bridgehead atoms. The number of nitrogens with one attached hydrogen (secondary N) is 1. The zero-order chi connectivity index (χ0) is 16.2. The Kier molecular flexibility index (Phi) is 4.98. The maximum Gasteiger partial charge on any atom is 0.230 e. The van der Waals surface area contributed by atoms with Gasteiger partial charge in [0.05, 0.1) is 13.7 Å². The highest BCUT2D eigenvalue weighted by molar-refractivity contribution is 7.09. The van der Waals surface area contributed by atoms with Gasteiger partial charge in [-0.25, -0.2) is 0 Å². The fourth-order valence-corrected chi connectivity index (χ4v) is 3.42. The minimum Gasteiger partial charge on any atom is -0.497 e. The Bertz CT molecular complexity index is 636. The average Bonchev–Trinajstić information content (AvgIpc) is 3.03. The van der Waals surface area contributed by atoms with E-state index in [1.54, 1.807) is 18.4 Å². The van der Waals surface area contributed by atoms with Gasteiger partial charge in [-0.1, -0.05) is 13.0 Å². The number of nitrogens with zero attached hydrogens (tertiary/aromatic N) is 1. The number of thiophene rings is 1. The second-order valence-electron chi connectivity index (χ2n) is 5.91. The molecule has 1 saturated heterocycles. The summed E-state index contributed by atoms with van der Waals surface area (Å²) in [6.45, 7) is 4.52. The number of hydrogen-bond donors (Lipinski definition) is 1. The Hall–Kier alpha value is -1.85. The summed E-state index contributed by atoms with van der Waals surface area (Å²) in [4.78, 5) is 16.1. The van der Waals surface area contributed by atoms with Gasteiger partial charge < -0.3 is 15.0 Å². The molecule has 1 aliphatic rings. The third kappa shape index (κ3) is 3.57. The van der Waals surface area contributed by atoms with Gasteiger partial charge in [0.2, 0.25) is 5.91 Å². The van der Waals surface area contributed by atoms with E-state index in [0.29, 0.717) is 12.5 Å². The molecule has 3 rings (SSSR count). The van der Waals surface area contributed by atoms with E-state index in [1.165, 1.54) is 4.88 Å². The molecule has 1 aromatic heterocycles. The molecule has 4 nitrogen and oxygen atoms in total. The predicted molar refractivity (Wildman–Crippen MR) is 94.0 cm³/mol. The number of anilines is 1. The molecule has 1 fully saturated rings. The SMILES string of the molecule is COc1ccc(N(Cc2cccs2)C(=O)C(C)C2CNC2)cc1. The van der Waals surface area contributed by atoms with Gasteiger partial charge in [-0.15, -0.1) is 11.3 Å². The first-order chi connectivity index (χ1) is 11.2. The van der Waals surface area contributed by atoms with Crippen LogP contribution in [0.2, 0.25) is 0 Å².